The van der Waals surface area contributed by atoms with Crippen LogP contribution in [0.15, 0.2) is 23.1 Å². The topological polar surface area (TPSA) is 43.4 Å². The van der Waals surface area contributed by atoms with E-state index in [1.54, 1.807) is 13.0 Å². The number of thioether (sulfide) groups is 1. The molecule has 0 aromatic heterocycles. The van der Waals surface area contributed by atoms with Crippen LogP contribution in [0, 0.1) is 6.92 Å². The molecule has 0 saturated heterocycles. The molecule has 0 fully saturated rings. The van der Waals surface area contributed by atoms with Crippen LogP contribution in [0.4, 0.5) is 0 Å². The Morgan fingerprint density at radius 2 is 2.06 bits per heavy atom. The fraction of sp³-hybridized carbons (Fsp3) is 0.333. The summed E-state index contributed by atoms with van der Waals surface area (Å²) in [7, 11) is 0. The Balaban J connectivity index is 3.03. The van der Waals surface area contributed by atoms with E-state index in [1.165, 1.54) is 11.8 Å². The molecule has 0 unspecified atom stereocenters. The molecule has 0 N–H and O–H groups in total. The van der Waals surface area contributed by atoms with Crippen molar-refractivity contribution in [3.05, 3.63) is 29.3 Å². The lowest BCUT2D eigenvalue weighted by atomic mass is 10.1. The minimum atomic E-state index is -0.790. The molecule has 0 aliphatic heterocycles. The van der Waals surface area contributed by atoms with Gasteiger partial charge in [0.05, 0.1) is 6.61 Å². The highest BCUT2D eigenvalue weighted by molar-refractivity contribution is 7.98. The predicted molar refractivity (Wildman–Crippen MR) is 63.9 cm³/mol. The van der Waals surface area contributed by atoms with Crippen LogP contribution in [0.25, 0.3) is 0 Å². The molecule has 0 radical (unpaired) electrons. The SMILES string of the molecule is CCOC(=O)C(=O)c1ccc(C)cc1SC. The number of benzene rings is 1. The zero-order valence-electron chi connectivity index (χ0n) is 9.57. The molecule has 1 aromatic rings. The standard InChI is InChI=1S/C12H14O3S/c1-4-15-12(14)11(13)9-6-5-8(2)7-10(9)16-3/h5-7H,4H2,1-3H3. The zero-order valence-corrected chi connectivity index (χ0v) is 10.4. The van der Waals surface area contributed by atoms with Crippen LogP contribution in [0.2, 0.25) is 0 Å². The van der Waals surface area contributed by atoms with Crippen molar-refractivity contribution in [1.29, 1.82) is 0 Å². The van der Waals surface area contributed by atoms with Crippen molar-refractivity contribution < 1.29 is 14.3 Å². The van der Waals surface area contributed by atoms with E-state index >= 15 is 0 Å². The Morgan fingerprint density at radius 1 is 1.38 bits per heavy atom. The average molecular weight is 238 g/mol. The quantitative estimate of drug-likeness (QED) is 0.350. The number of ketones is 1. The third-order valence-corrected chi connectivity index (χ3v) is 2.84. The van der Waals surface area contributed by atoms with Crippen molar-refractivity contribution in [2.45, 2.75) is 18.7 Å². The average Bonchev–Trinajstić information content (AvgIpc) is 2.28. The molecule has 3 nitrogen and oxygen atoms in total. The summed E-state index contributed by atoms with van der Waals surface area (Å²) in [4.78, 5) is 23.9. The van der Waals surface area contributed by atoms with Crippen LogP contribution in [-0.2, 0) is 9.53 Å². The minimum absolute atomic E-state index is 0.213. The van der Waals surface area contributed by atoms with Gasteiger partial charge in [-0.3, -0.25) is 4.79 Å². The van der Waals surface area contributed by atoms with E-state index < -0.39 is 11.8 Å². The summed E-state index contributed by atoms with van der Waals surface area (Å²) in [6, 6.07) is 5.36. The maximum Gasteiger partial charge on any atom is 0.379 e. The Hall–Kier alpha value is -1.29. The third kappa shape index (κ3) is 2.85. The van der Waals surface area contributed by atoms with E-state index in [2.05, 4.69) is 0 Å². The van der Waals surface area contributed by atoms with Gasteiger partial charge in [-0.15, -0.1) is 11.8 Å². The van der Waals surface area contributed by atoms with Crippen LogP contribution >= 0.6 is 11.8 Å². The molecule has 0 heterocycles. The Morgan fingerprint density at radius 3 is 2.62 bits per heavy atom. The first-order chi connectivity index (χ1) is 7.60. The lowest BCUT2D eigenvalue weighted by Crippen LogP contribution is -2.18. The first kappa shape index (κ1) is 12.8. The summed E-state index contributed by atoms with van der Waals surface area (Å²) in [5, 5.41) is 0. The molecular formula is C12H14O3S. The summed E-state index contributed by atoms with van der Waals surface area (Å²) < 4.78 is 4.69. The van der Waals surface area contributed by atoms with Crippen LogP contribution < -0.4 is 0 Å². The number of carbonyl (C=O) groups excluding carboxylic acids is 2. The van der Waals surface area contributed by atoms with Crippen molar-refractivity contribution in [3.63, 3.8) is 0 Å². The number of Topliss-reactive ketones (excluding diaryl/α,β-unsaturated/α-hetero) is 1. The summed E-state index contributed by atoms with van der Waals surface area (Å²) >= 11 is 1.44. The molecule has 0 bridgehead atoms. The maximum atomic E-state index is 11.7. The predicted octanol–water partition coefficient (Wildman–Crippen LogP) is 2.46. The number of hydrogen-bond donors (Lipinski definition) is 0. The van der Waals surface area contributed by atoms with Gasteiger partial charge in [0.15, 0.2) is 0 Å². The second kappa shape index (κ2) is 5.70. The van der Waals surface area contributed by atoms with E-state index in [-0.39, 0.29) is 6.61 Å². The van der Waals surface area contributed by atoms with E-state index in [0.29, 0.717) is 5.56 Å². The summed E-state index contributed by atoms with van der Waals surface area (Å²) in [6.45, 7) is 3.83. The third-order valence-electron chi connectivity index (χ3n) is 2.06. The lowest BCUT2D eigenvalue weighted by molar-refractivity contribution is -0.137. The Labute approximate surface area is 99.2 Å². The van der Waals surface area contributed by atoms with Crippen molar-refractivity contribution >= 4 is 23.5 Å². The summed E-state index contributed by atoms with van der Waals surface area (Å²) in [5.41, 5.74) is 1.47. The molecule has 86 valence electrons. The number of hydrogen-bond acceptors (Lipinski definition) is 4. The van der Waals surface area contributed by atoms with Crippen LogP contribution in [-0.4, -0.2) is 24.6 Å². The maximum absolute atomic E-state index is 11.7. The molecule has 0 saturated carbocycles. The van der Waals surface area contributed by atoms with Gasteiger partial charge in [0, 0.05) is 10.5 Å². The highest BCUT2D eigenvalue weighted by Gasteiger charge is 2.20. The Kier molecular flexibility index (Phi) is 4.55. The van der Waals surface area contributed by atoms with Gasteiger partial charge < -0.3 is 4.74 Å². The van der Waals surface area contributed by atoms with Crippen molar-refractivity contribution in [2.24, 2.45) is 0 Å². The van der Waals surface area contributed by atoms with E-state index in [0.717, 1.165) is 10.5 Å². The first-order valence-electron chi connectivity index (χ1n) is 4.96. The largest absolute Gasteiger partial charge is 0.460 e. The molecule has 1 aromatic carbocycles. The molecule has 0 atom stereocenters. The molecule has 0 amide bonds. The number of rotatable bonds is 4. The van der Waals surface area contributed by atoms with Gasteiger partial charge in [0.1, 0.15) is 0 Å². The van der Waals surface area contributed by atoms with Crippen LogP contribution in [0.1, 0.15) is 22.8 Å². The monoisotopic (exact) mass is 238 g/mol. The Bertz CT molecular complexity index is 413. The minimum Gasteiger partial charge on any atom is -0.460 e. The molecule has 4 heteroatoms. The highest BCUT2D eigenvalue weighted by Crippen LogP contribution is 2.22. The zero-order chi connectivity index (χ0) is 12.1. The fourth-order valence-electron chi connectivity index (χ4n) is 1.29. The number of esters is 1. The fourth-order valence-corrected chi connectivity index (χ4v) is 1.98. The van der Waals surface area contributed by atoms with Crippen molar-refractivity contribution in [3.8, 4) is 0 Å². The molecular weight excluding hydrogens is 224 g/mol. The second-order valence-electron chi connectivity index (χ2n) is 3.25. The number of aryl methyl sites for hydroxylation is 1. The van der Waals surface area contributed by atoms with Crippen molar-refractivity contribution in [2.75, 3.05) is 12.9 Å². The molecule has 16 heavy (non-hydrogen) atoms. The van der Waals surface area contributed by atoms with Gasteiger partial charge >= 0.3 is 5.97 Å². The van der Waals surface area contributed by atoms with E-state index in [9.17, 15) is 9.59 Å². The molecule has 0 aliphatic carbocycles. The number of ether oxygens (including phenoxy) is 1. The molecule has 0 aliphatic rings. The first-order valence-corrected chi connectivity index (χ1v) is 6.18. The molecule has 1 rings (SSSR count). The second-order valence-corrected chi connectivity index (χ2v) is 4.10. The molecule has 0 spiro atoms. The van der Waals surface area contributed by atoms with Gasteiger partial charge in [-0.25, -0.2) is 4.79 Å². The van der Waals surface area contributed by atoms with Gasteiger partial charge in [0.2, 0.25) is 0 Å². The summed E-state index contributed by atoms with van der Waals surface area (Å²) in [5.74, 6) is -1.37. The van der Waals surface area contributed by atoms with Gasteiger partial charge in [-0.1, -0.05) is 6.07 Å². The normalized spacial score (nSPS) is 9.94. The van der Waals surface area contributed by atoms with Crippen molar-refractivity contribution in [1.82, 2.24) is 0 Å². The van der Waals surface area contributed by atoms with Crippen LogP contribution in [0.3, 0.4) is 0 Å². The van der Waals surface area contributed by atoms with Crippen LogP contribution in [0.5, 0.6) is 0 Å². The van der Waals surface area contributed by atoms with E-state index in [1.807, 2.05) is 25.3 Å². The smallest absolute Gasteiger partial charge is 0.379 e. The summed E-state index contributed by atoms with van der Waals surface area (Å²) in [6.07, 6.45) is 1.87. The van der Waals surface area contributed by atoms with E-state index in [4.69, 9.17) is 4.74 Å². The van der Waals surface area contributed by atoms with Gasteiger partial charge in [-0.05, 0) is 37.8 Å². The van der Waals surface area contributed by atoms with Gasteiger partial charge in [0.25, 0.3) is 5.78 Å². The van der Waals surface area contributed by atoms with Gasteiger partial charge in [-0.2, -0.15) is 0 Å². The lowest BCUT2D eigenvalue weighted by Gasteiger charge is -2.06. The number of carbonyl (C=O) groups is 2. The highest BCUT2D eigenvalue weighted by atomic mass is 32.2.